The lowest BCUT2D eigenvalue weighted by molar-refractivity contribution is 1.18. The van der Waals surface area contributed by atoms with Gasteiger partial charge in [0.1, 0.15) is 0 Å². The summed E-state index contributed by atoms with van der Waals surface area (Å²) in [6.45, 7) is 0. The van der Waals surface area contributed by atoms with Gasteiger partial charge in [-0.05, 0) is 99.6 Å². The molecule has 2 aromatic heterocycles. The molecule has 0 bridgehead atoms. The fourth-order valence-electron chi connectivity index (χ4n) is 9.57. The van der Waals surface area contributed by atoms with Crippen molar-refractivity contribution >= 4 is 70.4 Å². The summed E-state index contributed by atoms with van der Waals surface area (Å²) in [5.41, 5.74) is 16.4. The highest BCUT2D eigenvalue weighted by atomic mass is 32.1. The standard InChI is InChI=1S/C60H40N2S/c1-4-18-41(19-5-1)47-24-10-11-25-48(47)43-34-37-46(38-35-43)62(57-32-17-31-56-59(57)52-27-12-14-30-54(52)61(56)45-22-8-3-9-23-45)55-39-36-44(40-53(55)42-20-6-2-7-21-42)49-28-16-29-51-50-26-13-15-33-58(50)63-60(49)51/h1-40H. The molecule has 12 aromatic rings. The molecule has 63 heavy (non-hydrogen) atoms. The molecule has 0 aliphatic carbocycles. The van der Waals surface area contributed by atoms with E-state index in [2.05, 4.69) is 252 Å². The van der Waals surface area contributed by atoms with E-state index in [-0.39, 0.29) is 0 Å². The van der Waals surface area contributed by atoms with Crippen LogP contribution in [0.25, 0.3) is 92.2 Å². The summed E-state index contributed by atoms with van der Waals surface area (Å²) >= 11 is 1.88. The quantitative estimate of drug-likeness (QED) is 0.148. The van der Waals surface area contributed by atoms with Crippen LogP contribution >= 0.6 is 11.3 Å². The predicted octanol–water partition coefficient (Wildman–Crippen LogP) is 17.3. The smallest absolute Gasteiger partial charge is 0.0562 e. The van der Waals surface area contributed by atoms with Gasteiger partial charge in [0, 0.05) is 47.9 Å². The Labute approximate surface area is 370 Å². The third-order valence-electron chi connectivity index (χ3n) is 12.4. The molecule has 0 atom stereocenters. The molecule has 12 rings (SSSR count). The van der Waals surface area contributed by atoms with E-state index in [9.17, 15) is 0 Å². The minimum atomic E-state index is 1.08. The molecule has 0 unspecified atom stereocenters. The first-order valence-electron chi connectivity index (χ1n) is 21.5. The van der Waals surface area contributed by atoms with Crippen molar-refractivity contribution in [3.63, 3.8) is 0 Å². The zero-order valence-electron chi connectivity index (χ0n) is 34.4. The van der Waals surface area contributed by atoms with Gasteiger partial charge in [0.15, 0.2) is 0 Å². The van der Waals surface area contributed by atoms with E-state index in [0.29, 0.717) is 0 Å². The Morgan fingerprint density at radius 3 is 1.62 bits per heavy atom. The lowest BCUT2D eigenvalue weighted by Crippen LogP contribution is -2.12. The highest BCUT2D eigenvalue weighted by Crippen LogP contribution is 2.49. The third kappa shape index (κ3) is 6.33. The first-order chi connectivity index (χ1) is 31.3. The number of nitrogens with zero attached hydrogens (tertiary/aromatic N) is 2. The molecule has 2 nitrogen and oxygen atoms in total. The third-order valence-corrected chi connectivity index (χ3v) is 13.6. The number of anilines is 3. The van der Waals surface area contributed by atoms with Crippen LogP contribution in [0.2, 0.25) is 0 Å². The minimum Gasteiger partial charge on any atom is -0.309 e. The average molecular weight is 821 g/mol. The highest BCUT2D eigenvalue weighted by Gasteiger charge is 2.24. The van der Waals surface area contributed by atoms with Gasteiger partial charge in [-0.25, -0.2) is 0 Å². The number of aromatic nitrogens is 1. The van der Waals surface area contributed by atoms with Crippen LogP contribution in [-0.4, -0.2) is 4.57 Å². The van der Waals surface area contributed by atoms with Gasteiger partial charge in [0.2, 0.25) is 0 Å². The maximum absolute atomic E-state index is 2.49. The Kier molecular flexibility index (Phi) is 9.06. The summed E-state index contributed by atoms with van der Waals surface area (Å²) in [7, 11) is 0. The van der Waals surface area contributed by atoms with Crippen molar-refractivity contribution in [2.45, 2.75) is 0 Å². The molecule has 3 heteroatoms. The van der Waals surface area contributed by atoms with Crippen LogP contribution < -0.4 is 4.90 Å². The van der Waals surface area contributed by atoms with Gasteiger partial charge in [-0.1, -0.05) is 182 Å². The summed E-state index contributed by atoms with van der Waals surface area (Å²) in [4.78, 5) is 2.49. The van der Waals surface area contributed by atoms with Gasteiger partial charge in [-0.3, -0.25) is 0 Å². The number of para-hydroxylation sites is 2. The Hall–Kier alpha value is -7.98. The van der Waals surface area contributed by atoms with Crippen molar-refractivity contribution in [2.24, 2.45) is 0 Å². The molecule has 0 radical (unpaired) electrons. The SMILES string of the molecule is c1ccc(-c2ccccc2-c2ccc(N(c3ccc(-c4cccc5c4sc4ccccc45)cc3-c3ccccc3)c3cccc4c3c3ccccc3n4-c3ccccc3)cc2)cc1. The first kappa shape index (κ1) is 36.8. The minimum absolute atomic E-state index is 1.08. The largest absolute Gasteiger partial charge is 0.309 e. The Morgan fingerprint density at radius 2 is 0.873 bits per heavy atom. The van der Waals surface area contributed by atoms with Crippen molar-refractivity contribution in [1.82, 2.24) is 4.57 Å². The molecule has 2 heterocycles. The maximum atomic E-state index is 2.49. The van der Waals surface area contributed by atoms with Gasteiger partial charge >= 0.3 is 0 Å². The summed E-state index contributed by atoms with van der Waals surface area (Å²) in [6.07, 6.45) is 0. The average Bonchev–Trinajstić information content (AvgIpc) is 3.92. The molecule has 0 N–H and O–H groups in total. The molecule has 0 fully saturated rings. The molecule has 0 saturated heterocycles. The van der Waals surface area contributed by atoms with E-state index in [1.807, 2.05) is 11.3 Å². The normalized spacial score (nSPS) is 11.5. The highest BCUT2D eigenvalue weighted by molar-refractivity contribution is 7.26. The number of thiophene rings is 1. The van der Waals surface area contributed by atoms with Gasteiger partial charge in [-0.15, -0.1) is 11.3 Å². The lowest BCUT2D eigenvalue weighted by Gasteiger charge is -2.29. The zero-order valence-corrected chi connectivity index (χ0v) is 35.2. The van der Waals surface area contributed by atoms with Crippen molar-refractivity contribution < 1.29 is 0 Å². The zero-order chi connectivity index (χ0) is 41.7. The van der Waals surface area contributed by atoms with Crippen molar-refractivity contribution in [2.75, 3.05) is 4.90 Å². The topological polar surface area (TPSA) is 8.17 Å². The second-order valence-electron chi connectivity index (χ2n) is 16.0. The van der Waals surface area contributed by atoms with Crippen LogP contribution in [0.4, 0.5) is 17.1 Å². The van der Waals surface area contributed by atoms with Crippen LogP contribution in [0.5, 0.6) is 0 Å². The number of hydrogen-bond donors (Lipinski definition) is 0. The van der Waals surface area contributed by atoms with Gasteiger partial charge in [-0.2, -0.15) is 0 Å². The summed E-state index contributed by atoms with van der Waals surface area (Å²) in [6, 6.07) is 88.4. The Morgan fingerprint density at radius 1 is 0.333 bits per heavy atom. The molecule has 0 amide bonds. The van der Waals surface area contributed by atoms with Gasteiger partial charge < -0.3 is 9.47 Å². The van der Waals surface area contributed by atoms with Gasteiger partial charge in [0.25, 0.3) is 0 Å². The second-order valence-corrected chi connectivity index (χ2v) is 17.1. The lowest BCUT2D eigenvalue weighted by atomic mass is 9.94. The summed E-state index contributed by atoms with van der Waals surface area (Å²) in [5, 5.41) is 5.02. The molecule has 0 aliphatic rings. The Bertz CT molecular complexity index is 3600. The van der Waals surface area contributed by atoms with E-state index < -0.39 is 0 Å². The number of hydrogen-bond acceptors (Lipinski definition) is 2. The van der Waals surface area contributed by atoms with Gasteiger partial charge in [0.05, 0.1) is 22.4 Å². The fourth-order valence-corrected chi connectivity index (χ4v) is 10.8. The maximum Gasteiger partial charge on any atom is 0.0562 e. The fraction of sp³-hybridized carbons (Fsp3) is 0. The van der Waals surface area contributed by atoms with E-state index in [1.54, 1.807) is 0 Å². The number of rotatable bonds is 8. The molecule has 0 saturated carbocycles. The summed E-state index contributed by atoms with van der Waals surface area (Å²) < 4.78 is 5.03. The van der Waals surface area contributed by atoms with Crippen LogP contribution in [0.3, 0.4) is 0 Å². The molecule has 0 aliphatic heterocycles. The first-order valence-corrected chi connectivity index (χ1v) is 22.3. The monoisotopic (exact) mass is 820 g/mol. The van der Waals surface area contributed by atoms with Crippen LogP contribution in [0.15, 0.2) is 243 Å². The van der Waals surface area contributed by atoms with E-state index in [0.717, 1.165) is 39.4 Å². The van der Waals surface area contributed by atoms with Crippen LogP contribution in [0.1, 0.15) is 0 Å². The predicted molar refractivity (Wildman–Crippen MR) is 270 cm³/mol. The molecular formula is C60H40N2S. The summed E-state index contributed by atoms with van der Waals surface area (Å²) in [5.74, 6) is 0. The van der Waals surface area contributed by atoms with Crippen molar-refractivity contribution in [3.05, 3.63) is 243 Å². The van der Waals surface area contributed by atoms with Crippen molar-refractivity contribution in [1.29, 1.82) is 0 Å². The van der Waals surface area contributed by atoms with Crippen LogP contribution in [-0.2, 0) is 0 Å². The second kappa shape index (κ2) is 15.5. The van der Waals surface area contributed by atoms with E-state index >= 15 is 0 Å². The van der Waals surface area contributed by atoms with E-state index in [4.69, 9.17) is 0 Å². The number of benzene rings is 10. The molecule has 10 aromatic carbocycles. The van der Waals surface area contributed by atoms with Crippen LogP contribution in [0, 0.1) is 0 Å². The van der Waals surface area contributed by atoms with E-state index in [1.165, 1.54) is 69.8 Å². The molecular weight excluding hydrogens is 781 g/mol. The Balaban J connectivity index is 1.11. The van der Waals surface area contributed by atoms with Crippen molar-refractivity contribution in [3.8, 4) is 50.2 Å². The molecule has 0 spiro atoms. The number of fused-ring (bicyclic) bond motifs is 6. The molecule has 296 valence electrons.